The number of nitrogens with one attached hydrogen (secondary N) is 1. The zero-order valence-corrected chi connectivity index (χ0v) is 12.0. The average Bonchev–Trinajstić information content (AvgIpc) is 2.41. The number of benzene rings is 1. The van der Waals surface area contributed by atoms with Gasteiger partial charge in [-0.3, -0.25) is 4.79 Å². The number of aromatic amines is 1. The van der Waals surface area contributed by atoms with Crippen molar-refractivity contribution in [3.63, 3.8) is 0 Å². The van der Waals surface area contributed by atoms with Gasteiger partial charge in [0, 0.05) is 22.2 Å². The summed E-state index contributed by atoms with van der Waals surface area (Å²) in [4.78, 5) is 15.6. The van der Waals surface area contributed by atoms with Crippen molar-refractivity contribution in [1.29, 1.82) is 5.26 Å². The molecular weight excluding hydrogens is 252 g/mol. The number of H-pyrrole nitrogens is 1. The zero-order chi connectivity index (χ0) is 14.7. The highest BCUT2D eigenvalue weighted by molar-refractivity contribution is 5.81. The van der Waals surface area contributed by atoms with Crippen LogP contribution in [0.4, 0.5) is 0 Å². The van der Waals surface area contributed by atoms with E-state index >= 15 is 0 Å². The van der Waals surface area contributed by atoms with E-state index in [1.165, 1.54) is 0 Å². The van der Waals surface area contributed by atoms with E-state index in [-0.39, 0.29) is 11.8 Å². The number of nitriles is 1. The van der Waals surface area contributed by atoms with Crippen LogP contribution in [0.1, 0.15) is 25.1 Å². The Kier molecular flexibility index (Phi) is 4.09. The van der Waals surface area contributed by atoms with Gasteiger partial charge in [0.05, 0.1) is 19.1 Å². The summed E-state index contributed by atoms with van der Waals surface area (Å²) in [6.45, 7) is 6.57. The number of ether oxygens (including phenoxy) is 1. The minimum Gasteiger partial charge on any atom is -0.493 e. The summed E-state index contributed by atoms with van der Waals surface area (Å²) in [5.74, 6) is 1.11. The van der Waals surface area contributed by atoms with Crippen LogP contribution in [0.3, 0.4) is 0 Å². The van der Waals surface area contributed by atoms with Gasteiger partial charge < -0.3 is 9.72 Å². The summed E-state index contributed by atoms with van der Waals surface area (Å²) in [7, 11) is 0. The summed E-state index contributed by atoms with van der Waals surface area (Å²) >= 11 is 0. The third-order valence-corrected chi connectivity index (χ3v) is 3.12. The molecule has 0 radical (unpaired) electrons. The lowest BCUT2D eigenvalue weighted by molar-refractivity contribution is 0.271. The Morgan fingerprint density at radius 3 is 2.80 bits per heavy atom. The summed E-state index contributed by atoms with van der Waals surface area (Å²) in [6.07, 6.45) is 0.119. The fourth-order valence-electron chi connectivity index (χ4n) is 2.08. The molecule has 0 saturated carbocycles. The second-order valence-electron chi connectivity index (χ2n) is 5.30. The molecule has 0 aliphatic carbocycles. The van der Waals surface area contributed by atoms with E-state index in [1.54, 1.807) is 6.07 Å². The van der Waals surface area contributed by atoms with Gasteiger partial charge in [0.25, 0.3) is 0 Å². The fraction of sp³-hybridized carbons (Fsp3) is 0.375. The predicted molar refractivity (Wildman–Crippen MR) is 79.0 cm³/mol. The van der Waals surface area contributed by atoms with Gasteiger partial charge in [0.15, 0.2) is 5.43 Å². The fourth-order valence-corrected chi connectivity index (χ4v) is 2.08. The van der Waals surface area contributed by atoms with Gasteiger partial charge in [-0.15, -0.1) is 0 Å². The molecule has 0 unspecified atom stereocenters. The largest absolute Gasteiger partial charge is 0.493 e. The first-order chi connectivity index (χ1) is 9.52. The highest BCUT2D eigenvalue weighted by Gasteiger charge is 2.10. The number of hydrogen-bond donors (Lipinski definition) is 1. The molecule has 1 aromatic carbocycles. The van der Waals surface area contributed by atoms with Crippen LogP contribution in [0.5, 0.6) is 5.75 Å². The molecule has 0 bridgehead atoms. The van der Waals surface area contributed by atoms with Crippen molar-refractivity contribution in [2.24, 2.45) is 5.92 Å². The number of aryl methyl sites for hydroxylation is 1. The van der Waals surface area contributed by atoms with Crippen LogP contribution < -0.4 is 10.2 Å². The van der Waals surface area contributed by atoms with Crippen molar-refractivity contribution in [3.8, 4) is 11.8 Å². The number of aromatic nitrogens is 1. The minimum atomic E-state index is -0.0900. The van der Waals surface area contributed by atoms with Gasteiger partial charge in [-0.05, 0) is 31.0 Å². The molecule has 1 heterocycles. The highest BCUT2D eigenvalue weighted by Crippen LogP contribution is 2.19. The molecule has 1 N–H and O–H groups in total. The molecule has 0 amide bonds. The zero-order valence-electron chi connectivity index (χ0n) is 12.0. The summed E-state index contributed by atoms with van der Waals surface area (Å²) < 4.78 is 5.64. The molecule has 4 heteroatoms. The van der Waals surface area contributed by atoms with Crippen molar-refractivity contribution in [1.82, 2.24) is 4.98 Å². The number of pyridine rings is 1. The Bertz CT molecular complexity index is 724. The maximum Gasteiger partial charge on any atom is 0.194 e. The second-order valence-corrected chi connectivity index (χ2v) is 5.30. The van der Waals surface area contributed by atoms with E-state index in [1.807, 2.05) is 25.1 Å². The molecule has 0 spiro atoms. The molecule has 20 heavy (non-hydrogen) atoms. The molecule has 2 rings (SSSR count). The summed E-state index contributed by atoms with van der Waals surface area (Å²) in [5, 5.41) is 9.38. The molecule has 0 saturated heterocycles. The topological polar surface area (TPSA) is 65.9 Å². The molecule has 0 aliphatic rings. The standard InChI is InChI=1S/C16H18N2O2/c1-10(2)9-20-12-4-5-15-14(8-12)16(19)13(6-7-17)11(3)18-15/h4-5,8,10H,6,9H2,1-3H3,(H,18,19). The third kappa shape index (κ3) is 2.83. The molecular formula is C16H18N2O2. The van der Waals surface area contributed by atoms with Gasteiger partial charge in [-0.25, -0.2) is 0 Å². The van der Waals surface area contributed by atoms with Gasteiger partial charge in [0.2, 0.25) is 0 Å². The number of hydrogen-bond acceptors (Lipinski definition) is 3. The molecule has 0 fully saturated rings. The quantitative estimate of drug-likeness (QED) is 0.928. The molecule has 0 atom stereocenters. The number of fused-ring (bicyclic) bond motifs is 1. The van der Waals surface area contributed by atoms with Crippen LogP contribution in [0.25, 0.3) is 10.9 Å². The van der Waals surface area contributed by atoms with Crippen LogP contribution in [0.2, 0.25) is 0 Å². The van der Waals surface area contributed by atoms with Gasteiger partial charge >= 0.3 is 0 Å². The third-order valence-electron chi connectivity index (χ3n) is 3.12. The Morgan fingerprint density at radius 1 is 1.40 bits per heavy atom. The Morgan fingerprint density at radius 2 is 2.15 bits per heavy atom. The first-order valence-electron chi connectivity index (χ1n) is 6.68. The normalized spacial score (nSPS) is 10.8. The Labute approximate surface area is 118 Å². The van der Waals surface area contributed by atoms with E-state index in [2.05, 4.69) is 18.8 Å². The van der Waals surface area contributed by atoms with Crippen molar-refractivity contribution < 1.29 is 4.74 Å². The van der Waals surface area contributed by atoms with E-state index in [0.29, 0.717) is 29.2 Å². The molecule has 1 aromatic heterocycles. The summed E-state index contributed by atoms with van der Waals surface area (Å²) in [5.41, 5.74) is 1.96. The molecule has 2 aromatic rings. The lowest BCUT2D eigenvalue weighted by Gasteiger charge is -2.10. The Balaban J connectivity index is 2.51. The van der Waals surface area contributed by atoms with E-state index in [9.17, 15) is 4.79 Å². The van der Waals surface area contributed by atoms with Crippen molar-refractivity contribution in [3.05, 3.63) is 39.7 Å². The highest BCUT2D eigenvalue weighted by atomic mass is 16.5. The smallest absolute Gasteiger partial charge is 0.194 e. The predicted octanol–water partition coefficient (Wildman–Crippen LogP) is 2.94. The van der Waals surface area contributed by atoms with Crippen LogP contribution in [-0.4, -0.2) is 11.6 Å². The summed E-state index contributed by atoms with van der Waals surface area (Å²) in [6, 6.07) is 7.47. The van der Waals surface area contributed by atoms with Crippen LogP contribution >= 0.6 is 0 Å². The van der Waals surface area contributed by atoms with E-state index in [4.69, 9.17) is 10.00 Å². The van der Waals surface area contributed by atoms with Gasteiger partial charge in [-0.1, -0.05) is 13.8 Å². The molecule has 104 valence electrons. The van der Waals surface area contributed by atoms with E-state index < -0.39 is 0 Å². The lowest BCUT2D eigenvalue weighted by atomic mass is 10.1. The van der Waals surface area contributed by atoms with Gasteiger partial charge in [0.1, 0.15) is 5.75 Å². The van der Waals surface area contributed by atoms with Gasteiger partial charge in [-0.2, -0.15) is 5.26 Å². The number of rotatable bonds is 4. The average molecular weight is 270 g/mol. The van der Waals surface area contributed by atoms with Crippen LogP contribution in [0, 0.1) is 24.2 Å². The SMILES string of the molecule is Cc1[nH]c2ccc(OCC(C)C)cc2c(=O)c1CC#N. The first kappa shape index (κ1) is 14.1. The van der Waals surface area contributed by atoms with Crippen LogP contribution in [-0.2, 0) is 6.42 Å². The minimum absolute atomic E-state index is 0.0900. The maximum absolute atomic E-state index is 12.4. The maximum atomic E-state index is 12.4. The Hall–Kier alpha value is -2.28. The lowest BCUT2D eigenvalue weighted by Crippen LogP contribution is -2.13. The second kappa shape index (κ2) is 5.79. The van der Waals surface area contributed by atoms with Crippen molar-refractivity contribution in [2.45, 2.75) is 27.2 Å². The monoisotopic (exact) mass is 270 g/mol. The van der Waals surface area contributed by atoms with E-state index in [0.717, 1.165) is 11.2 Å². The molecule has 4 nitrogen and oxygen atoms in total. The first-order valence-corrected chi connectivity index (χ1v) is 6.68. The van der Waals surface area contributed by atoms with Crippen LogP contribution in [0.15, 0.2) is 23.0 Å². The molecule has 0 aliphatic heterocycles. The van der Waals surface area contributed by atoms with Crippen molar-refractivity contribution in [2.75, 3.05) is 6.61 Å². The van der Waals surface area contributed by atoms with Crippen molar-refractivity contribution >= 4 is 10.9 Å². The number of nitrogens with zero attached hydrogens (tertiary/aromatic N) is 1.